The smallest absolute Gasteiger partial charge is 0.136 e. The zero-order valence-electron chi connectivity index (χ0n) is 50.5. The lowest BCUT2D eigenvalue weighted by atomic mass is 10.0. The molecule has 0 spiro atoms. The first-order valence-corrected chi connectivity index (χ1v) is 24.8. The van der Waals surface area contributed by atoms with E-state index in [9.17, 15) is 13.7 Å². The number of para-hydroxylation sites is 2. The molecule has 4 heterocycles. The zero-order valence-corrected chi connectivity index (χ0v) is 40.5. The van der Waals surface area contributed by atoms with Crippen molar-refractivity contribution in [3.05, 3.63) is 217 Å². The first-order valence-electron chi connectivity index (χ1n) is 29.8. The fraction of sp³-hybridized carbons (Fsp3) is 0.0882. The van der Waals surface area contributed by atoms with E-state index in [1.807, 2.05) is 143 Å². The van der Waals surface area contributed by atoms with Crippen LogP contribution in [0.5, 0.6) is 0 Å². The molecule has 0 aliphatic heterocycles. The van der Waals surface area contributed by atoms with Crippen molar-refractivity contribution in [2.24, 2.45) is 0 Å². The Morgan fingerprint density at radius 1 is 0.297 bits per heavy atom. The molecule has 0 N–H and O–H groups in total. The average Bonchev–Trinajstić information content (AvgIpc) is 1.67. The van der Waals surface area contributed by atoms with Gasteiger partial charge in [0.2, 0.25) is 0 Å². The number of fused-ring (bicyclic) bond motifs is 14. The minimum Gasteiger partial charge on any atom is -0.456 e. The lowest BCUT2D eigenvalue weighted by Gasteiger charge is -2.26. The van der Waals surface area contributed by atoms with Crippen LogP contribution in [0.2, 0.25) is 0 Å². The third-order valence-corrected chi connectivity index (χ3v) is 14.3. The van der Waals surface area contributed by atoms with Crippen LogP contribution in [0.3, 0.4) is 0 Å². The molecule has 6 heteroatoms. The molecule has 15 rings (SSSR count). The van der Waals surface area contributed by atoms with E-state index in [4.69, 9.17) is 17.7 Å². The quantitative estimate of drug-likeness (QED) is 0.151. The summed E-state index contributed by atoms with van der Waals surface area (Å²) < 4.78 is 123. The van der Waals surface area contributed by atoms with E-state index in [-0.39, 0.29) is 149 Å². The maximum absolute atomic E-state index is 9.94. The van der Waals surface area contributed by atoms with Crippen molar-refractivity contribution in [1.82, 2.24) is 0 Å². The Morgan fingerprint density at radius 2 is 0.662 bits per heavy atom. The predicted octanol–water partition coefficient (Wildman–Crippen LogP) is 20.8. The van der Waals surface area contributed by atoms with Crippen molar-refractivity contribution in [3.8, 4) is 0 Å². The Bertz CT molecular complexity index is 5020. The first-order chi connectivity index (χ1) is 40.5. The van der Waals surface area contributed by atoms with Gasteiger partial charge in [0.25, 0.3) is 0 Å². The van der Waals surface area contributed by atoms with Gasteiger partial charge in [-0.2, -0.15) is 0 Å². The standard InChI is InChI=1S/C68H48N2O4/c1-39(2)41-13-19-47(20-14-41)69(51-25-27-63-57(35-51)53-9-5-7-11-61(53)71-63)49-23-17-43-31-55-59-37-68-60(38-67(59)73-65(55)33-45(43)29-49)56-32-44-18-24-50(30-46(44)34-66(56)74-68)70(48-21-15-42(16-22-48)40(3)4)52-26-28-64-58(36-52)54-10-6-8-12-62(54)72-64/h5-40H,1-4H3/i17D,18D,29D,30D,31D,32D,33D,34D,37D,38D. The fourth-order valence-electron chi connectivity index (χ4n) is 10.5. The van der Waals surface area contributed by atoms with Gasteiger partial charge in [0.1, 0.15) is 44.7 Å². The summed E-state index contributed by atoms with van der Waals surface area (Å²) in [6, 6.07) is 43.4. The molecule has 0 fully saturated rings. The third kappa shape index (κ3) is 6.71. The highest BCUT2D eigenvalue weighted by molar-refractivity contribution is 6.18. The molecule has 0 unspecified atom stereocenters. The number of hydrogen-bond acceptors (Lipinski definition) is 6. The van der Waals surface area contributed by atoms with Gasteiger partial charge in [-0.3, -0.25) is 0 Å². The molecule has 0 saturated carbocycles. The van der Waals surface area contributed by atoms with Crippen LogP contribution in [0.15, 0.2) is 224 Å². The molecule has 354 valence electrons. The molecule has 0 aliphatic carbocycles. The second-order valence-corrected chi connectivity index (χ2v) is 19.6. The van der Waals surface area contributed by atoms with Gasteiger partial charge in [0.05, 0.1) is 13.7 Å². The minimum absolute atomic E-state index is 0.0243. The van der Waals surface area contributed by atoms with Gasteiger partial charge in [0.15, 0.2) is 0 Å². The number of furan rings is 4. The summed E-state index contributed by atoms with van der Waals surface area (Å²) in [7, 11) is 0. The Kier molecular flexibility index (Phi) is 7.28. The zero-order chi connectivity index (χ0) is 58.0. The van der Waals surface area contributed by atoms with Crippen LogP contribution < -0.4 is 9.80 Å². The van der Waals surface area contributed by atoms with Crippen LogP contribution >= 0.6 is 0 Å². The average molecular weight is 967 g/mol. The van der Waals surface area contributed by atoms with Crippen molar-refractivity contribution in [1.29, 1.82) is 0 Å². The van der Waals surface area contributed by atoms with Gasteiger partial charge in [0, 0.05) is 77.2 Å². The van der Waals surface area contributed by atoms with Crippen molar-refractivity contribution >= 4 is 143 Å². The summed E-state index contributed by atoms with van der Waals surface area (Å²) >= 11 is 0. The van der Waals surface area contributed by atoms with E-state index in [1.165, 1.54) is 12.1 Å². The van der Waals surface area contributed by atoms with Gasteiger partial charge in [-0.05, 0) is 178 Å². The predicted molar refractivity (Wildman–Crippen MR) is 308 cm³/mol. The number of nitrogens with zero attached hydrogens (tertiary/aromatic N) is 2. The molecule has 15 aromatic rings. The number of rotatable bonds is 8. The SMILES string of the molecule is [2H]c1cc(N(c2ccc(C(C)C)cc2)c2ccc3oc4ccccc4c3c2)c([2H])c2c([2H])c3oc4c([2H])c5c(oc6c([2H])c7c([2H])c(N(c8ccc(C(C)C)cc8)c8ccc9oc%10ccccc%10c9c8)cc([2H])c7c([2H])c65)c([2H])c4c3c([2H])c12. The van der Waals surface area contributed by atoms with E-state index in [0.717, 1.165) is 43.8 Å². The molecular formula is C68H48N2O4. The molecule has 6 nitrogen and oxygen atoms in total. The van der Waals surface area contributed by atoms with Crippen LogP contribution in [-0.4, -0.2) is 0 Å². The molecule has 0 aliphatic rings. The Hall–Kier alpha value is -9.26. The summed E-state index contributed by atoms with van der Waals surface area (Å²) in [4.78, 5) is 3.72. The second-order valence-electron chi connectivity index (χ2n) is 19.6. The molecule has 4 aromatic heterocycles. The monoisotopic (exact) mass is 966 g/mol. The summed E-state index contributed by atoms with van der Waals surface area (Å²) in [6.07, 6.45) is 0. The van der Waals surface area contributed by atoms with Crippen LogP contribution in [0.1, 0.15) is 64.4 Å². The number of benzene rings is 11. The highest BCUT2D eigenvalue weighted by Crippen LogP contribution is 2.45. The first kappa shape index (κ1) is 33.4. The highest BCUT2D eigenvalue weighted by atomic mass is 16.3. The topological polar surface area (TPSA) is 59.0 Å². The van der Waals surface area contributed by atoms with Crippen LogP contribution in [0, 0.1) is 0 Å². The second kappa shape index (κ2) is 16.1. The maximum Gasteiger partial charge on any atom is 0.136 e. The molecule has 0 amide bonds. The van der Waals surface area contributed by atoms with Gasteiger partial charge in [-0.15, -0.1) is 0 Å². The van der Waals surface area contributed by atoms with E-state index < -0.39 is 0 Å². The summed E-state index contributed by atoms with van der Waals surface area (Å²) in [5, 5.41) is 3.25. The molecule has 11 aromatic carbocycles. The van der Waals surface area contributed by atoms with E-state index in [0.29, 0.717) is 33.9 Å². The van der Waals surface area contributed by atoms with E-state index in [2.05, 4.69) is 27.7 Å². The number of anilines is 6. The van der Waals surface area contributed by atoms with Crippen molar-refractivity contribution < 1.29 is 31.4 Å². The van der Waals surface area contributed by atoms with Crippen LogP contribution in [-0.2, 0) is 0 Å². The molecular weight excluding hydrogens is 909 g/mol. The van der Waals surface area contributed by atoms with Crippen LogP contribution in [0.25, 0.3) is 109 Å². The van der Waals surface area contributed by atoms with Gasteiger partial charge in [-0.1, -0.05) is 100 Å². The normalized spacial score (nSPS) is 14.2. The van der Waals surface area contributed by atoms with E-state index in [1.54, 1.807) is 0 Å². The highest BCUT2D eigenvalue weighted by Gasteiger charge is 2.21. The molecule has 74 heavy (non-hydrogen) atoms. The number of hydrogen-bond donors (Lipinski definition) is 0. The van der Waals surface area contributed by atoms with Crippen molar-refractivity contribution in [2.75, 3.05) is 9.80 Å². The Morgan fingerprint density at radius 3 is 1.09 bits per heavy atom. The van der Waals surface area contributed by atoms with Crippen LogP contribution in [0.4, 0.5) is 34.1 Å². The lowest BCUT2D eigenvalue weighted by Crippen LogP contribution is -2.10. The molecule has 0 bridgehead atoms. The molecule has 0 radical (unpaired) electrons. The Balaban J connectivity index is 0.926. The third-order valence-electron chi connectivity index (χ3n) is 14.3. The fourth-order valence-corrected chi connectivity index (χ4v) is 10.5. The van der Waals surface area contributed by atoms with E-state index >= 15 is 0 Å². The molecule has 0 atom stereocenters. The van der Waals surface area contributed by atoms with Crippen molar-refractivity contribution in [3.63, 3.8) is 0 Å². The maximum atomic E-state index is 9.94. The van der Waals surface area contributed by atoms with Gasteiger partial charge < -0.3 is 27.5 Å². The molecule has 0 saturated heterocycles. The largest absolute Gasteiger partial charge is 0.456 e. The lowest BCUT2D eigenvalue weighted by molar-refractivity contribution is 0.664. The summed E-state index contributed by atoms with van der Waals surface area (Å²) in [5.74, 6) is 0.495. The van der Waals surface area contributed by atoms with Gasteiger partial charge >= 0.3 is 0 Å². The van der Waals surface area contributed by atoms with Crippen molar-refractivity contribution in [2.45, 2.75) is 39.5 Å². The summed E-state index contributed by atoms with van der Waals surface area (Å²) in [6.45, 7) is 8.43. The minimum atomic E-state index is -0.343. The Labute approximate surface area is 439 Å². The summed E-state index contributed by atoms with van der Waals surface area (Å²) in [5.41, 5.74) is 7.50. The van der Waals surface area contributed by atoms with Gasteiger partial charge in [-0.25, -0.2) is 0 Å².